The molecule has 0 spiro atoms. The highest BCUT2D eigenvalue weighted by Crippen LogP contribution is 2.28. The number of nitrogens with one attached hydrogen (secondary N) is 1. The van der Waals surface area contributed by atoms with Crippen molar-refractivity contribution in [1.82, 2.24) is 5.32 Å². The molecule has 0 heterocycles. The quantitative estimate of drug-likeness (QED) is 0.808. The highest BCUT2D eigenvalue weighted by molar-refractivity contribution is 7.99. The fraction of sp³-hybridized carbons (Fsp3) is 0.294. The molecule has 0 saturated carbocycles. The van der Waals surface area contributed by atoms with Crippen LogP contribution in [0.25, 0.3) is 0 Å². The van der Waals surface area contributed by atoms with Crippen LogP contribution in [-0.2, 0) is 0 Å². The summed E-state index contributed by atoms with van der Waals surface area (Å²) < 4.78 is 18.2. The van der Waals surface area contributed by atoms with Crippen LogP contribution in [0.2, 0.25) is 0 Å². The normalized spacial score (nSPS) is 12.2. The Hall–Kier alpha value is -1.52. The first-order chi connectivity index (χ1) is 10.1. The second-order valence-corrected chi connectivity index (χ2v) is 5.92. The topological polar surface area (TPSA) is 21.3 Å². The van der Waals surface area contributed by atoms with Crippen molar-refractivity contribution >= 4 is 11.8 Å². The van der Waals surface area contributed by atoms with Crippen molar-refractivity contribution in [3.63, 3.8) is 0 Å². The molecule has 0 aliphatic heterocycles. The molecule has 21 heavy (non-hydrogen) atoms. The van der Waals surface area contributed by atoms with E-state index in [4.69, 9.17) is 4.74 Å². The van der Waals surface area contributed by atoms with Crippen molar-refractivity contribution in [3.8, 4) is 5.75 Å². The van der Waals surface area contributed by atoms with Gasteiger partial charge in [-0.25, -0.2) is 4.39 Å². The first-order valence-corrected chi connectivity index (χ1v) is 7.82. The van der Waals surface area contributed by atoms with E-state index < -0.39 is 0 Å². The zero-order chi connectivity index (χ0) is 15.2. The summed E-state index contributed by atoms with van der Waals surface area (Å²) in [7, 11) is 3.63. The molecule has 1 unspecified atom stereocenters. The van der Waals surface area contributed by atoms with E-state index in [1.807, 2.05) is 31.3 Å². The Labute approximate surface area is 129 Å². The van der Waals surface area contributed by atoms with Gasteiger partial charge in [-0.15, -0.1) is 11.8 Å². The summed E-state index contributed by atoms with van der Waals surface area (Å²) in [6.07, 6.45) is 0. The van der Waals surface area contributed by atoms with Crippen molar-refractivity contribution in [2.45, 2.75) is 17.9 Å². The molecule has 0 saturated heterocycles. The van der Waals surface area contributed by atoms with Gasteiger partial charge in [-0.2, -0.15) is 0 Å². The number of rotatable bonds is 6. The van der Waals surface area contributed by atoms with Gasteiger partial charge in [0.2, 0.25) is 0 Å². The number of thioether (sulfide) groups is 1. The van der Waals surface area contributed by atoms with Crippen LogP contribution in [0.3, 0.4) is 0 Å². The van der Waals surface area contributed by atoms with Gasteiger partial charge in [-0.3, -0.25) is 0 Å². The molecule has 1 N–H and O–H groups in total. The third-order valence-corrected chi connectivity index (χ3v) is 4.54. The predicted octanol–water partition coefficient (Wildman–Crippen LogP) is 4.20. The smallest absolute Gasteiger partial charge is 0.123 e. The van der Waals surface area contributed by atoms with Crippen molar-refractivity contribution in [2.24, 2.45) is 0 Å². The highest BCUT2D eigenvalue weighted by atomic mass is 32.2. The molecule has 0 aromatic heterocycles. The molecule has 0 aliphatic carbocycles. The molecule has 2 nitrogen and oxygen atoms in total. The lowest BCUT2D eigenvalue weighted by molar-refractivity contribution is 0.414. The molecule has 112 valence electrons. The van der Waals surface area contributed by atoms with E-state index in [-0.39, 0.29) is 11.9 Å². The molecule has 2 aromatic carbocycles. The Bertz CT molecular complexity index is 586. The molecule has 0 aliphatic rings. The highest BCUT2D eigenvalue weighted by Gasteiger charge is 2.13. The average molecular weight is 305 g/mol. The van der Waals surface area contributed by atoms with Crippen molar-refractivity contribution in [3.05, 3.63) is 59.4 Å². The molecule has 0 radical (unpaired) electrons. The number of hydrogen-bond acceptors (Lipinski definition) is 3. The number of benzene rings is 2. The zero-order valence-electron chi connectivity index (χ0n) is 12.5. The van der Waals surface area contributed by atoms with Gasteiger partial charge in [-0.1, -0.05) is 6.07 Å². The molecular formula is C17H20FNOS. The minimum atomic E-state index is -0.199. The molecule has 0 amide bonds. The average Bonchev–Trinajstić information content (AvgIpc) is 2.50. The third kappa shape index (κ3) is 4.22. The molecule has 1 atom stereocenters. The van der Waals surface area contributed by atoms with Crippen LogP contribution in [0.15, 0.2) is 47.4 Å². The van der Waals surface area contributed by atoms with E-state index in [0.717, 1.165) is 16.4 Å². The largest absolute Gasteiger partial charge is 0.497 e. The van der Waals surface area contributed by atoms with Crippen LogP contribution >= 0.6 is 11.8 Å². The van der Waals surface area contributed by atoms with Gasteiger partial charge in [0.25, 0.3) is 0 Å². The maximum Gasteiger partial charge on any atom is 0.123 e. The van der Waals surface area contributed by atoms with Gasteiger partial charge in [0.15, 0.2) is 0 Å². The Kier molecular flexibility index (Phi) is 5.65. The number of methoxy groups -OCH3 is 1. The second kappa shape index (κ2) is 7.48. The number of ether oxygens (including phenoxy) is 1. The Morgan fingerprint density at radius 2 is 1.90 bits per heavy atom. The van der Waals surface area contributed by atoms with Gasteiger partial charge >= 0.3 is 0 Å². The lowest BCUT2D eigenvalue weighted by Crippen LogP contribution is -2.19. The first-order valence-electron chi connectivity index (χ1n) is 6.84. The summed E-state index contributed by atoms with van der Waals surface area (Å²) >= 11 is 1.71. The van der Waals surface area contributed by atoms with Gasteiger partial charge in [0.1, 0.15) is 11.6 Å². The summed E-state index contributed by atoms with van der Waals surface area (Å²) in [4.78, 5) is 1.07. The molecule has 0 bridgehead atoms. The van der Waals surface area contributed by atoms with E-state index in [0.29, 0.717) is 0 Å². The number of aryl methyl sites for hydroxylation is 1. The van der Waals surface area contributed by atoms with Gasteiger partial charge in [0.05, 0.1) is 7.11 Å². The lowest BCUT2D eigenvalue weighted by Gasteiger charge is -2.19. The van der Waals surface area contributed by atoms with E-state index in [1.54, 1.807) is 18.9 Å². The van der Waals surface area contributed by atoms with Crippen LogP contribution in [-0.4, -0.2) is 19.9 Å². The fourth-order valence-electron chi connectivity index (χ4n) is 2.21. The minimum absolute atomic E-state index is 0.199. The Morgan fingerprint density at radius 3 is 2.48 bits per heavy atom. The number of halogens is 1. The monoisotopic (exact) mass is 305 g/mol. The van der Waals surface area contributed by atoms with Crippen molar-refractivity contribution < 1.29 is 9.13 Å². The predicted molar refractivity (Wildman–Crippen MR) is 86.7 cm³/mol. The Balaban J connectivity index is 2.07. The van der Waals surface area contributed by atoms with Crippen LogP contribution < -0.4 is 10.1 Å². The standard InChI is InChI=1S/C17H20FNOS/c1-12-10-14(20-3)6-9-16(12)17(19-2)11-21-15-7-4-13(18)5-8-15/h4-10,17,19H,11H2,1-3H3. The summed E-state index contributed by atoms with van der Waals surface area (Å²) in [6, 6.07) is 13.0. The van der Waals surface area contributed by atoms with Crippen LogP contribution in [0.1, 0.15) is 17.2 Å². The molecule has 4 heteroatoms. The third-order valence-electron chi connectivity index (χ3n) is 3.43. The van der Waals surface area contributed by atoms with Gasteiger partial charge in [0, 0.05) is 16.7 Å². The molecule has 2 rings (SSSR count). The van der Waals surface area contributed by atoms with Crippen LogP contribution in [0.5, 0.6) is 5.75 Å². The number of hydrogen-bond donors (Lipinski definition) is 1. The molecular weight excluding hydrogens is 285 g/mol. The van der Waals surface area contributed by atoms with Gasteiger partial charge < -0.3 is 10.1 Å². The van der Waals surface area contributed by atoms with Crippen molar-refractivity contribution in [2.75, 3.05) is 19.9 Å². The maximum absolute atomic E-state index is 12.9. The molecule has 2 aromatic rings. The lowest BCUT2D eigenvalue weighted by atomic mass is 10.0. The van der Waals surface area contributed by atoms with E-state index >= 15 is 0 Å². The summed E-state index contributed by atoms with van der Waals surface area (Å²) in [5.74, 6) is 1.56. The van der Waals surface area contributed by atoms with E-state index in [2.05, 4.69) is 18.3 Å². The van der Waals surface area contributed by atoms with Gasteiger partial charge in [-0.05, 0) is 61.5 Å². The SMILES string of the molecule is CNC(CSc1ccc(F)cc1)c1ccc(OC)cc1C. The van der Waals surface area contributed by atoms with Crippen LogP contribution in [0, 0.1) is 12.7 Å². The first kappa shape index (κ1) is 15.9. The minimum Gasteiger partial charge on any atom is -0.497 e. The molecule has 0 fully saturated rings. The fourth-order valence-corrected chi connectivity index (χ4v) is 3.24. The summed E-state index contributed by atoms with van der Waals surface area (Å²) in [5.41, 5.74) is 2.46. The van der Waals surface area contributed by atoms with Crippen LogP contribution in [0.4, 0.5) is 4.39 Å². The second-order valence-electron chi connectivity index (χ2n) is 4.83. The summed E-state index contributed by atoms with van der Waals surface area (Å²) in [6.45, 7) is 2.09. The van der Waals surface area contributed by atoms with Crippen molar-refractivity contribution in [1.29, 1.82) is 0 Å². The zero-order valence-corrected chi connectivity index (χ0v) is 13.3. The van der Waals surface area contributed by atoms with E-state index in [1.165, 1.54) is 23.3 Å². The van der Waals surface area contributed by atoms with E-state index in [9.17, 15) is 4.39 Å². The Morgan fingerprint density at radius 1 is 1.19 bits per heavy atom. The summed E-state index contributed by atoms with van der Waals surface area (Å²) in [5, 5.41) is 3.34. The maximum atomic E-state index is 12.9.